The third-order valence-corrected chi connectivity index (χ3v) is 12.4. The Kier molecular flexibility index (Phi) is 4.74. The second-order valence-corrected chi connectivity index (χ2v) is 15.1. The smallest absolute Gasteiger partial charge is 0.0159 e. The van der Waals surface area contributed by atoms with Gasteiger partial charge in [-0.15, -0.1) is 0 Å². The Labute approximate surface area is 285 Å². The van der Waals surface area contributed by atoms with Gasteiger partial charge in [-0.3, -0.25) is 0 Å². The van der Waals surface area contributed by atoms with E-state index in [2.05, 4.69) is 147 Å². The maximum absolute atomic E-state index is 2.53. The zero-order valence-corrected chi connectivity index (χ0v) is 27.6. The van der Waals surface area contributed by atoms with Crippen LogP contribution in [-0.4, -0.2) is 0 Å². The maximum Gasteiger partial charge on any atom is 0.0159 e. The van der Waals surface area contributed by atoms with E-state index in [1.807, 2.05) is 0 Å². The lowest BCUT2D eigenvalue weighted by Crippen LogP contribution is -2.15. The van der Waals surface area contributed by atoms with Crippen LogP contribution >= 0.6 is 0 Å². The van der Waals surface area contributed by atoms with E-state index in [4.69, 9.17) is 0 Å². The fourth-order valence-corrected chi connectivity index (χ4v) is 10.2. The molecule has 0 saturated carbocycles. The minimum Gasteiger partial charge on any atom is -0.0757 e. The predicted octanol–water partition coefficient (Wildman–Crippen LogP) is 13.2. The lowest BCUT2D eigenvalue weighted by Gasteiger charge is -2.23. The number of aryl methyl sites for hydroxylation is 1. The highest BCUT2D eigenvalue weighted by atomic mass is 14.4. The molecule has 3 aliphatic rings. The van der Waals surface area contributed by atoms with Crippen molar-refractivity contribution in [2.24, 2.45) is 0 Å². The Morgan fingerprint density at radius 2 is 1.20 bits per heavy atom. The molecule has 0 nitrogen and oxygen atoms in total. The van der Waals surface area contributed by atoms with Crippen LogP contribution in [0, 0.1) is 0 Å². The summed E-state index contributed by atoms with van der Waals surface area (Å²) in [6.07, 6.45) is 4.65. The summed E-state index contributed by atoms with van der Waals surface area (Å²) < 4.78 is 0. The summed E-state index contributed by atoms with van der Waals surface area (Å²) in [5.41, 5.74) is 16.8. The van der Waals surface area contributed by atoms with Crippen molar-refractivity contribution in [3.05, 3.63) is 161 Å². The predicted molar refractivity (Wildman–Crippen MR) is 209 cm³/mol. The van der Waals surface area contributed by atoms with Gasteiger partial charge in [0.15, 0.2) is 0 Å². The highest BCUT2D eigenvalue weighted by Gasteiger charge is 2.38. The molecule has 0 bridgehead atoms. The molecule has 0 saturated heterocycles. The molecule has 0 unspecified atom stereocenters. The SMILES string of the molecule is CC1(C)c2cc(-c3cc4c5c6c(cc4c4ccccc34)-c3ccccc3C6=CCC5)ccc2-c2c1cc1ccc3cccc4ccc2c1c34. The summed E-state index contributed by atoms with van der Waals surface area (Å²) in [5, 5.41) is 13.6. The number of benzene rings is 9. The average Bonchev–Trinajstić information content (AvgIpc) is 3.59. The summed E-state index contributed by atoms with van der Waals surface area (Å²) in [6.45, 7) is 4.85. The summed E-state index contributed by atoms with van der Waals surface area (Å²) in [6, 6.07) is 49.0. The zero-order valence-electron chi connectivity index (χ0n) is 27.6. The molecule has 0 heterocycles. The zero-order chi connectivity index (χ0) is 32.2. The van der Waals surface area contributed by atoms with Crippen LogP contribution in [-0.2, 0) is 11.8 Å². The first-order valence-corrected chi connectivity index (χ1v) is 17.7. The van der Waals surface area contributed by atoms with Gasteiger partial charge in [0, 0.05) is 5.41 Å². The molecule has 0 amide bonds. The van der Waals surface area contributed by atoms with Gasteiger partial charge in [-0.05, 0) is 158 Å². The first-order chi connectivity index (χ1) is 24.1. The summed E-state index contributed by atoms with van der Waals surface area (Å²) in [5.74, 6) is 0. The minimum atomic E-state index is -0.115. The topological polar surface area (TPSA) is 0 Å². The molecule has 49 heavy (non-hydrogen) atoms. The Morgan fingerprint density at radius 3 is 2.08 bits per heavy atom. The number of hydrogen-bond donors (Lipinski definition) is 0. The molecule has 0 aromatic heterocycles. The normalized spacial score (nSPS) is 15.3. The Balaban J connectivity index is 1.12. The van der Waals surface area contributed by atoms with Crippen molar-refractivity contribution in [1.29, 1.82) is 0 Å². The van der Waals surface area contributed by atoms with E-state index in [1.165, 1.54) is 121 Å². The molecule has 0 fully saturated rings. The van der Waals surface area contributed by atoms with Crippen molar-refractivity contribution < 1.29 is 0 Å². The fraction of sp³-hybridized carbons (Fsp3) is 0.102. The van der Waals surface area contributed by atoms with Crippen molar-refractivity contribution in [2.45, 2.75) is 32.1 Å². The van der Waals surface area contributed by atoms with Crippen LogP contribution < -0.4 is 0 Å². The van der Waals surface area contributed by atoms with Gasteiger partial charge in [-0.2, -0.15) is 0 Å². The minimum absolute atomic E-state index is 0.115. The van der Waals surface area contributed by atoms with E-state index < -0.39 is 0 Å². The molecule has 0 radical (unpaired) electrons. The first kappa shape index (κ1) is 26.3. The number of rotatable bonds is 1. The van der Waals surface area contributed by atoms with Gasteiger partial charge < -0.3 is 0 Å². The van der Waals surface area contributed by atoms with Crippen LogP contribution in [0.2, 0.25) is 0 Å². The summed E-state index contributed by atoms with van der Waals surface area (Å²) in [4.78, 5) is 0. The van der Waals surface area contributed by atoms with Crippen molar-refractivity contribution in [3.63, 3.8) is 0 Å². The van der Waals surface area contributed by atoms with Gasteiger partial charge >= 0.3 is 0 Å². The van der Waals surface area contributed by atoms with E-state index in [0.29, 0.717) is 0 Å². The molecular formula is C49H32. The number of fused-ring (bicyclic) bond motifs is 11. The van der Waals surface area contributed by atoms with Crippen LogP contribution in [0.25, 0.3) is 92.8 Å². The van der Waals surface area contributed by atoms with Crippen LogP contribution in [0.15, 0.2) is 133 Å². The van der Waals surface area contributed by atoms with Crippen molar-refractivity contribution in [3.8, 4) is 33.4 Å². The molecule has 0 atom stereocenters. The molecule has 0 spiro atoms. The van der Waals surface area contributed by atoms with Gasteiger partial charge in [-0.25, -0.2) is 0 Å². The number of allylic oxidation sites excluding steroid dienone is 1. The average molecular weight is 621 g/mol. The molecule has 9 aromatic carbocycles. The molecule has 0 aliphatic heterocycles. The van der Waals surface area contributed by atoms with E-state index in [9.17, 15) is 0 Å². The lowest BCUT2D eigenvalue weighted by atomic mass is 9.79. The van der Waals surface area contributed by atoms with E-state index in [0.717, 1.165) is 12.8 Å². The van der Waals surface area contributed by atoms with E-state index in [-0.39, 0.29) is 5.41 Å². The Hall–Kier alpha value is -5.72. The van der Waals surface area contributed by atoms with Gasteiger partial charge in [0.05, 0.1) is 0 Å². The van der Waals surface area contributed by atoms with E-state index in [1.54, 1.807) is 0 Å². The molecule has 0 N–H and O–H groups in total. The van der Waals surface area contributed by atoms with Crippen molar-refractivity contribution >= 4 is 59.4 Å². The highest BCUT2D eigenvalue weighted by Crippen LogP contribution is 2.55. The molecule has 228 valence electrons. The monoisotopic (exact) mass is 620 g/mol. The maximum atomic E-state index is 2.53. The van der Waals surface area contributed by atoms with Gasteiger partial charge in [0.1, 0.15) is 0 Å². The van der Waals surface area contributed by atoms with Crippen LogP contribution in [0.1, 0.15) is 48.1 Å². The van der Waals surface area contributed by atoms with Crippen molar-refractivity contribution in [2.75, 3.05) is 0 Å². The third kappa shape index (κ3) is 3.16. The summed E-state index contributed by atoms with van der Waals surface area (Å²) in [7, 11) is 0. The quantitative estimate of drug-likeness (QED) is 0.160. The second kappa shape index (κ2) is 8.84. The van der Waals surface area contributed by atoms with Crippen LogP contribution in [0.3, 0.4) is 0 Å². The molecule has 9 aromatic rings. The Bertz CT molecular complexity index is 2990. The molecule has 3 aliphatic carbocycles. The van der Waals surface area contributed by atoms with Crippen LogP contribution in [0.5, 0.6) is 0 Å². The lowest BCUT2D eigenvalue weighted by molar-refractivity contribution is 0.661. The largest absolute Gasteiger partial charge is 0.0757 e. The first-order valence-electron chi connectivity index (χ1n) is 17.7. The molecular weight excluding hydrogens is 589 g/mol. The van der Waals surface area contributed by atoms with Gasteiger partial charge in [0.25, 0.3) is 0 Å². The molecule has 12 rings (SSSR count). The third-order valence-electron chi connectivity index (χ3n) is 12.4. The van der Waals surface area contributed by atoms with E-state index >= 15 is 0 Å². The molecule has 0 heteroatoms. The van der Waals surface area contributed by atoms with Gasteiger partial charge in [-0.1, -0.05) is 123 Å². The Morgan fingerprint density at radius 1 is 0.449 bits per heavy atom. The second-order valence-electron chi connectivity index (χ2n) is 15.1. The van der Waals surface area contributed by atoms with Crippen molar-refractivity contribution in [1.82, 2.24) is 0 Å². The van der Waals surface area contributed by atoms with Gasteiger partial charge in [0.2, 0.25) is 0 Å². The van der Waals surface area contributed by atoms with Crippen LogP contribution in [0.4, 0.5) is 0 Å². The summed E-state index contributed by atoms with van der Waals surface area (Å²) >= 11 is 0. The fourth-order valence-electron chi connectivity index (χ4n) is 10.2. The highest BCUT2D eigenvalue weighted by molar-refractivity contribution is 6.27. The number of hydrogen-bond acceptors (Lipinski definition) is 0. The standard InChI is InChI=1S/C49H32/c1-49(2)43-23-29(20-21-37(43)48-38-22-19-28-10-7-9-27-17-18-30(24-44(48)49)46(38)45(27)28)39-25-41-36-16-8-15-35-31-11-3-6-14-34(31)42(47(35)36)26-40(41)33-13-5-4-12-32(33)39/h3-7,9-15,17-26H,8,16H2,1-2H3.